The number of anilines is 1. The second kappa shape index (κ2) is 12.7. The molecule has 0 amide bonds. The fourth-order valence-electron chi connectivity index (χ4n) is 9.83. The molecule has 1 aromatic heterocycles. The highest BCUT2D eigenvalue weighted by atomic mass is 19.1. The average Bonchev–Trinajstić information content (AvgIpc) is 3.67. The van der Waals surface area contributed by atoms with Gasteiger partial charge in [-0.2, -0.15) is 9.97 Å². The first-order chi connectivity index (χ1) is 24.1. The summed E-state index contributed by atoms with van der Waals surface area (Å²) in [5, 5.41) is 22.9. The molecule has 2 N–H and O–H groups in total. The van der Waals surface area contributed by atoms with Crippen LogP contribution in [0.4, 0.5) is 10.2 Å². The molecule has 0 radical (unpaired) electrons. The predicted octanol–water partition coefficient (Wildman–Crippen LogP) is 7.59. The van der Waals surface area contributed by atoms with E-state index in [-0.39, 0.29) is 34.7 Å². The van der Waals surface area contributed by atoms with Crippen LogP contribution in [0.5, 0.6) is 11.8 Å². The highest BCUT2D eigenvalue weighted by Gasteiger charge is 2.48. The first-order valence-electron chi connectivity index (χ1n) is 18.8. The molecule has 3 aliphatic heterocycles. The average molecular weight is 680 g/mol. The maximum Gasteiger partial charge on any atom is 0.319 e. The molecule has 3 saturated heterocycles. The Morgan fingerprint density at radius 3 is 2.54 bits per heavy atom. The van der Waals surface area contributed by atoms with Gasteiger partial charge in [0, 0.05) is 30.3 Å². The van der Waals surface area contributed by atoms with Gasteiger partial charge in [0.05, 0.1) is 28.6 Å². The Labute approximate surface area is 294 Å². The quantitative estimate of drug-likeness (QED) is 0.266. The minimum Gasteiger partial charge on any atom is -0.508 e. The number of aromatic hydroxyl groups is 1. The number of aliphatic hydroxyl groups excluding tert-OH is 1. The number of phenols is 1. The van der Waals surface area contributed by atoms with E-state index in [1.54, 1.807) is 18.2 Å². The van der Waals surface area contributed by atoms with Crippen molar-refractivity contribution in [2.75, 3.05) is 37.7 Å². The number of aryl methyl sites for hydroxylation is 1. The third kappa shape index (κ3) is 5.61. The smallest absolute Gasteiger partial charge is 0.319 e. The number of aromatic nitrogens is 2. The number of fused-ring (bicyclic) bond motifs is 3. The van der Waals surface area contributed by atoms with Gasteiger partial charge in [-0.3, -0.25) is 9.89 Å². The van der Waals surface area contributed by atoms with Crippen molar-refractivity contribution in [1.82, 2.24) is 14.9 Å². The number of nitrogens with zero attached hydrogens (tertiary/aromatic N) is 5. The summed E-state index contributed by atoms with van der Waals surface area (Å²) >= 11 is 0. The second-order valence-corrected chi connectivity index (χ2v) is 15.7. The topological polar surface area (TPSA) is 94.3 Å². The second-order valence-electron chi connectivity index (χ2n) is 15.7. The van der Waals surface area contributed by atoms with Crippen molar-refractivity contribution in [3.8, 4) is 11.8 Å². The number of aliphatic hydroxyl groups is 1. The summed E-state index contributed by atoms with van der Waals surface area (Å²) in [6.45, 7) is 12.6. The highest BCUT2D eigenvalue weighted by Crippen LogP contribution is 2.50. The number of phenolic OH excluding ortho intramolecular Hbond substituents is 1. The number of benzene rings is 2. The number of halogens is 1. The molecule has 264 valence electrons. The molecule has 0 bridgehead atoms. The third-order valence-corrected chi connectivity index (χ3v) is 12.0. The van der Waals surface area contributed by atoms with Crippen LogP contribution < -0.4 is 9.64 Å². The van der Waals surface area contributed by atoms with Gasteiger partial charge in [-0.15, -0.1) is 0 Å². The first kappa shape index (κ1) is 33.3. The molecule has 1 spiro atoms. The standard InChI is InChI=1S/C41H50FN5O3/c1-5-29-33(42)11-10-26-18-27(48)19-31(35(26)29)32-20-34-36(30(6-2)37(32)43-25(3)4)38(46-15-7-12-40(23-46)21-28(49)22-40)45-39(44-34)50-24-41-13-8-16-47(41)17-9-14-41/h6,10-11,18-20,25,28,48-49H,5,7-9,12-17,21-24H2,1-4H3/b30-6-,43-37?. The summed E-state index contributed by atoms with van der Waals surface area (Å²) in [5.41, 5.74) is 5.64. The Morgan fingerprint density at radius 1 is 1.08 bits per heavy atom. The normalized spacial score (nSPS) is 26.2. The number of piperidine rings is 1. The van der Waals surface area contributed by atoms with Crippen molar-refractivity contribution < 1.29 is 19.3 Å². The molecule has 50 heavy (non-hydrogen) atoms. The molecule has 2 aliphatic carbocycles. The lowest BCUT2D eigenvalue weighted by molar-refractivity contribution is -0.0396. The van der Waals surface area contributed by atoms with Crippen LogP contribution in [0.15, 0.2) is 35.3 Å². The van der Waals surface area contributed by atoms with Gasteiger partial charge in [-0.1, -0.05) is 19.1 Å². The van der Waals surface area contributed by atoms with Crippen LogP contribution in [0, 0.1) is 11.2 Å². The monoisotopic (exact) mass is 679 g/mol. The number of aliphatic imine (C=N–C) groups is 1. The summed E-state index contributed by atoms with van der Waals surface area (Å²) in [6.07, 6.45) is 12.8. The minimum atomic E-state index is -0.259. The van der Waals surface area contributed by atoms with E-state index in [2.05, 4.69) is 35.8 Å². The highest BCUT2D eigenvalue weighted by molar-refractivity contribution is 6.50. The predicted molar refractivity (Wildman–Crippen MR) is 198 cm³/mol. The van der Waals surface area contributed by atoms with Crippen LogP contribution in [0.3, 0.4) is 0 Å². The van der Waals surface area contributed by atoms with E-state index in [4.69, 9.17) is 19.7 Å². The van der Waals surface area contributed by atoms with Crippen molar-refractivity contribution in [1.29, 1.82) is 0 Å². The Hall–Kier alpha value is -3.82. The van der Waals surface area contributed by atoms with Gasteiger partial charge < -0.3 is 19.8 Å². The van der Waals surface area contributed by atoms with E-state index < -0.39 is 0 Å². The summed E-state index contributed by atoms with van der Waals surface area (Å²) in [7, 11) is 0. The zero-order valence-corrected chi connectivity index (χ0v) is 29.9. The van der Waals surface area contributed by atoms with Crippen LogP contribution in [0.1, 0.15) is 101 Å². The summed E-state index contributed by atoms with van der Waals surface area (Å²) in [4.78, 5) is 20.6. The van der Waals surface area contributed by atoms with Gasteiger partial charge in [-0.25, -0.2) is 4.39 Å². The molecular weight excluding hydrogens is 629 g/mol. The number of allylic oxidation sites excluding steroid dienone is 3. The molecule has 3 aromatic rings. The number of hydrogen-bond acceptors (Lipinski definition) is 8. The van der Waals surface area contributed by atoms with E-state index in [1.807, 2.05) is 13.8 Å². The molecule has 8 rings (SSSR count). The zero-order valence-electron chi connectivity index (χ0n) is 29.9. The Morgan fingerprint density at radius 2 is 1.84 bits per heavy atom. The van der Waals surface area contributed by atoms with Crippen molar-refractivity contribution >= 4 is 39.5 Å². The zero-order chi connectivity index (χ0) is 34.8. The molecule has 1 saturated carbocycles. The maximum atomic E-state index is 15.4. The van der Waals surface area contributed by atoms with Crippen molar-refractivity contribution in [3.05, 3.63) is 58.5 Å². The number of rotatable bonds is 7. The van der Waals surface area contributed by atoms with E-state index in [0.717, 1.165) is 115 Å². The van der Waals surface area contributed by atoms with Crippen LogP contribution in [0.2, 0.25) is 0 Å². The fraction of sp³-hybridized carbons (Fsp3) is 0.537. The lowest BCUT2D eigenvalue weighted by Crippen LogP contribution is -2.52. The van der Waals surface area contributed by atoms with Gasteiger partial charge in [0.25, 0.3) is 0 Å². The van der Waals surface area contributed by atoms with Crippen LogP contribution in [-0.2, 0) is 6.42 Å². The summed E-state index contributed by atoms with van der Waals surface area (Å²) in [5.74, 6) is 0.702. The third-order valence-electron chi connectivity index (χ3n) is 12.0. The minimum absolute atomic E-state index is 0.0300. The molecule has 2 aromatic carbocycles. The maximum absolute atomic E-state index is 15.4. The Balaban J connectivity index is 1.33. The van der Waals surface area contributed by atoms with Gasteiger partial charge in [0.2, 0.25) is 0 Å². The van der Waals surface area contributed by atoms with Gasteiger partial charge in [0.15, 0.2) is 0 Å². The molecule has 5 aliphatic rings. The summed E-state index contributed by atoms with van der Waals surface area (Å²) in [6, 6.07) is 7.01. The van der Waals surface area contributed by atoms with Gasteiger partial charge in [0.1, 0.15) is 24.0 Å². The fourth-order valence-corrected chi connectivity index (χ4v) is 9.83. The van der Waals surface area contributed by atoms with Crippen molar-refractivity contribution in [3.63, 3.8) is 0 Å². The van der Waals surface area contributed by atoms with Crippen LogP contribution in [-0.4, -0.2) is 81.3 Å². The molecule has 0 atom stereocenters. The largest absolute Gasteiger partial charge is 0.508 e. The molecule has 9 heteroatoms. The van der Waals surface area contributed by atoms with Crippen LogP contribution in [0.25, 0.3) is 28.0 Å². The molecular formula is C41H50FN5O3. The van der Waals surface area contributed by atoms with Crippen LogP contribution >= 0.6 is 0 Å². The van der Waals surface area contributed by atoms with E-state index in [9.17, 15) is 10.2 Å². The van der Waals surface area contributed by atoms with E-state index in [0.29, 0.717) is 24.6 Å². The van der Waals surface area contributed by atoms with E-state index in [1.165, 1.54) is 18.9 Å². The SMILES string of the molecule is C/C=C1\C(=NC(C)C)C(c2cc(O)cc3ccc(F)c(CC)c23)=Cc2nc(OCC34CCCN3CCC4)nc(N3CCCC4(CC(O)C4)C3)c21. The van der Waals surface area contributed by atoms with Crippen molar-refractivity contribution in [2.45, 2.75) is 103 Å². The molecule has 0 unspecified atom stereocenters. The Bertz CT molecular complexity index is 1910. The van der Waals surface area contributed by atoms with Gasteiger partial charge >= 0.3 is 6.01 Å². The number of ether oxygens (including phenoxy) is 1. The van der Waals surface area contributed by atoms with E-state index >= 15 is 4.39 Å². The Kier molecular flexibility index (Phi) is 8.50. The lowest BCUT2D eigenvalue weighted by atomic mass is 9.62. The molecule has 4 fully saturated rings. The van der Waals surface area contributed by atoms with Crippen molar-refractivity contribution in [2.24, 2.45) is 10.4 Å². The lowest BCUT2D eigenvalue weighted by Gasteiger charge is -2.51. The first-order valence-corrected chi connectivity index (χ1v) is 18.8. The van der Waals surface area contributed by atoms with Gasteiger partial charge in [-0.05, 0) is 143 Å². The molecule has 8 nitrogen and oxygen atoms in total. The number of hydrogen-bond donors (Lipinski definition) is 2. The molecule has 4 heterocycles. The summed E-state index contributed by atoms with van der Waals surface area (Å²) < 4.78 is 22.1.